The van der Waals surface area contributed by atoms with Crippen LogP contribution in [0.15, 0.2) is 109 Å². The summed E-state index contributed by atoms with van der Waals surface area (Å²) in [6.07, 6.45) is 5.96. The maximum Gasteiger partial charge on any atom is 0.246 e. The zero-order valence-corrected chi connectivity index (χ0v) is 30.2. The average Bonchev–Trinajstić information content (AvgIpc) is 3.14. The molecule has 8 heteroatoms. The molecular formula is C43H44ClN3O4. The van der Waals surface area contributed by atoms with Gasteiger partial charge in [-0.05, 0) is 85.0 Å². The molecule has 262 valence electrons. The van der Waals surface area contributed by atoms with E-state index in [0.29, 0.717) is 48.7 Å². The molecule has 0 saturated carbocycles. The third kappa shape index (κ3) is 10.5. The highest BCUT2D eigenvalue weighted by Crippen LogP contribution is 2.32. The van der Waals surface area contributed by atoms with Gasteiger partial charge in [-0.25, -0.2) is 4.98 Å². The Hall–Kier alpha value is -5.11. The van der Waals surface area contributed by atoms with Crippen LogP contribution in [0.1, 0.15) is 38.9 Å². The second-order valence-corrected chi connectivity index (χ2v) is 13.4. The predicted octanol–water partition coefficient (Wildman–Crippen LogP) is 9.01. The Bertz CT molecular complexity index is 1920. The molecule has 2 heterocycles. The topological polar surface area (TPSA) is 64.1 Å². The van der Waals surface area contributed by atoms with Gasteiger partial charge in [0.05, 0.1) is 17.8 Å². The second kappa shape index (κ2) is 17.2. The van der Waals surface area contributed by atoms with Gasteiger partial charge in [0.25, 0.3) is 0 Å². The molecule has 0 radical (unpaired) electrons. The largest absolute Gasteiger partial charge is 0.493 e. The molecule has 7 nitrogen and oxygen atoms in total. The van der Waals surface area contributed by atoms with E-state index in [1.807, 2.05) is 60.4 Å². The van der Waals surface area contributed by atoms with Crippen molar-refractivity contribution >= 4 is 23.6 Å². The van der Waals surface area contributed by atoms with Gasteiger partial charge in [0.15, 0.2) is 0 Å². The molecule has 1 amide bonds. The lowest BCUT2D eigenvalue weighted by atomic mass is 10.1. The minimum atomic E-state index is -0.00315. The van der Waals surface area contributed by atoms with Crippen molar-refractivity contribution in [2.75, 3.05) is 32.8 Å². The van der Waals surface area contributed by atoms with Gasteiger partial charge >= 0.3 is 0 Å². The number of aryl methyl sites for hydroxylation is 3. The number of halogens is 1. The van der Waals surface area contributed by atoms with E-state index in [9.17, 15) is 4.79 Å². The van der Waals surface area contributed by atoms with Crippen molar-refractivity contribution in [1.29, 1.82) is 0 Å². The van der Waals surface area contributed by atoms with Crippen molar-refractivity contribution in [3.63, 3.8) is 0 Å². The first-order chi connectivity index (χ1) is 24.8. The van der Waals surface area contributed by atoms with E-state index < -0.39 is 0 Å². The Morgan fingerprint density at radius 2 is 1.41 bits per heavy atom. The lowest BCUT2D eigenvalue weighted by Gasteiger charge is -2.34. The van der Waals surface area contributed by atoms with Crippen molar-refractivity contribution in [2.24, 2.45) is 0 Å². The first-order valence-electron chi connectivity index (χ1n) is 17.4. The number of hydrogen-bond acceptors (Lipinski definition) is 6. The summed E-state index contributed by atoms with van der Waals surface area (Å²) in [6.45, 7) is 11.1. The van der Waals surface area contributed by atoms with Crippen molar-refractivity contribution in [2.45, 2.75) is 40.3 Å². The highest BCUT2D eigenvalue weighted by Gasteiger charge is 2.20. The molecule has 1 aliphatic heterocycles. The molecule has 4 aromatic carbocycles. The van der Waals surface area contributed by atoms with Crippen molar-refractivity contribution in [1.82, 2.24) is 14.8 Å². The Kier molecular flexibility index (Phi) is 12.0. The fourth-order valence-electron chi connectivity index (χ4n) is 5.79. The fourth-order valence-corrected chi connectivity index (χ4v) is 6.00. The molecule has 6 rings (SSSR count). The average molecular weight is 702 g/mol. The van der Waals surface area contributed by atoms with Crippen LogP contribution < -0.4 is 14.2 Å². The SMILES string of the molecule is Cc1ccc(COc2ccc(Oc3cc(C)c(/C=C/C(=O)N4CCN(Cc5ccc(CCOc6ccc(C)cc6)cc5)CC4)cc3Cl)nc2)cc1. The van der Waals surface area contributed by atoms with E-state index in [-0.39, 0.29) is 5.91 Å². The molecule has 0 bridgehead atoms. The second-order valence-electron chi connectivity index (χ2n) is 13.0. The van der Waals surface area contributed by atoms with Crippen LogP contribution in [0.3, 0.4) is 0 Å². The molecule has 1 fully saturated rings. The smallest absolute Gasteiger partial charge is 0.246 e. The molecule has 1 aliphatic rings. The van der Waals surface area contributed by atoms with Crippen molar-refractivity contribution in [3.05, 3.63) is 153 Å². The van der Waals surface area contributed by atoms with E-state index in [2.05, 4.69) is 72.3 Å². The number of aromatic nitrogens is 1. The molecule has 0 aliphatic carbocycles. The summed E-state index contributed by atoms with van der Waals surface area (Å²) in [7, 11) is 0. The van der Waals surface area contributed by atoms with Crippen LogP contribution in [0.25, 0.3) is 6.08 Å². The number of amides is 1. The number of nitrogens with zero attached hydrogens (tertiary/aromatic N) is 3. The predicted molar refractivity (Wildman–Crippen MR) is 204 cm³/mol. The van der Waals surface area contributed by atoms with Gasteiger partial charge in [-0.15, -0.1) is 0 Å². The monoisotopic (exact) mass is 701 g/mol. The summed E-state index contributed by atoms with van der Waals surface area (Å²) in [5, 5.41) is 0.437. The molecule has 0 spiro atoms. The van der Waals surface area contributed by atoms with E-state index in [1.54, 1.807) is 18.3 Å². The molecule has 1 aromatic heterocycles. The fraction of sp³-hybridized carbons (Fsp3) is 0.256. The van der Waals surface area contributed by atoms with Crippen LogP contribution in [0.2, 0.25) is 5.02 Å². The normalized spacial score (nSPS) is 13.4. The molecule has 0 atom stereocenters. The van der Waals surface area contributed by atoms with Crippen LogP contribution in [0.5, 0.6) is 23.1 Å². The number of carbonyl (C=O) groups excluding carboxylic acids is 1. The third-order valence-corrected chi connectivity index (χ3v) is 9.26. The number of hydrogen-bond donors (Lipinski definition) is 0. The van der Waals surface area contributed by atoms with Crippen LogP contribution in [0.4, 0.5) is 0 Å². The standard InChI is InChI=1S/C43H44ClN3O4/c1-31-4-8-36(9-5-31)30-50-39-17-18-42(45-28-39)51-41-26-33(3)37(27-40(41)44)14-19-43(48)47-23-21-46(22-24-47)29-35-12-10-34(11-13-35)20-25-49-38-15-6-32(2)7-16-38/h4-19,26-28H,20-25,29-30H2,1-3H3/b19-14+. The lowest BCUT2D eigenvalue weighted by molar-refractivity contribution is -0.127. The van der Waals surface area contributed by atoms with Crippen molar-refractivity contribution < 1.29 is 19.0 Å². The zero-order valence-electron chi connectivity index (χ0n) is 29.5. The lowest BCUT2D eigenvalue weighted by Crippen LogP contribution is -2.47. The van der Waals surface area contributed by atoms with E-state index in [4.69, 9.17) is 25.8 Å². The molecule has 1 saturated heterocycles. The quantitative estimate of drug-likeness (QED) is 0.114. The summed E-state index contributed by atoms with van der Waals surface area (Å²) in [6, 6.07) is 32.4. The summed E-state index contributed by atoms with van der Waals surface area (Å²) in [4.78, 5) is 21.7. The molecular weight excluding hydrogens is 658 g/mol. The number of benzene rings is 4. The highest BCUT2D eigenvalue weighted by atomic mass is 35.5. The van der Waals surface area contributed by atoms with Crippen molar-refractivity contribution in [3.8, 4) is 23.1 Å². The molecule has 0 unspecified atom stereocenters. The van der Waals surface area contributed by atoms with Gasteiger partial charge in [0, 0.05) is 51.3 Å². The summed E-state index contributed by atoms with van der Waals surface area (Å²) >= 11 is 6.60. The Morgan fingerprint density at radius 3 is 2.10 bits per heavy atom. The maximum absolute atomic E-state index is 13.1. The third-order valence-electron chi connectivity index (χ3n) is 8.97. The molecule has 0 N–H and O–H groups in total. The van der Waals surface area contributed by atoms with E-state index in [0.717, 1.165) is 48.5 Å². The van der Waals surface area contributed by atoms with Gasteiger partial charge in [-0.3, -0.25) is 9.69 Å². The highest BCUT2D eigenvalue weighted by molar-refractivity contribution is 6.32. The summed E-state index contributed by atoms with van der Waals surface area (Å²) in [5.41, 5.74) is 7.86. The van der Waals surface area contributed by atoms with Crippen LogP contribution in [-0.4, -0.2) is 53.5 Å². The Morgan fingerprint density at radius 1 is 0.765 bits per heavy atom. The minimum absolute atomic E-state index is 0.00315. The number of rotatable bonds is 13. The summed E-state index contributed by atoms with van der Waals surface area (Å²) < 4.78 is 17.7. The Labute approximate surface area is 306 Å². The number of piperazine rings is 1. The van der Waals surface area contributed by atoms with Gasteiger partial charge in [-0.1, -0.05) is 83.4 Å². The minimum Gasteiger partial charge on any atom is -0.493 e. The maximum atomic E-state index is 13.1. The zero-order chi connectivity index (χ0) is 35.6. The van der Waals surface area contributed by atoms with Crippen LogP contribution in [0, 0.1) is 20.8 Å². The summed E-state index contributed by atoms with van der Waals surface area (Å²) in [5.74, 6) is 2.46. The van der Waals surface area contributed by atoms with E-state index in [1.165, 1.54) is 22.3 Å². The molecule has 51 heavy (non-hydrogen) atoms. The van der Waals surface area contributed by atoms with Gasteiger partial charge in [0.2, 0.25) is 11.8 Å². The first kappa shape index (κ1) is 35.7. The number of ether oxygens (including phenoxy) is 3. The van der Waals surface area contributed by atoms with Crippen LogP contribution >= 0.6 is 11.6 Å². The molecule has 5 aromatic rings. The van der Waals surface area contributed by atoms with E-state index >= 15 is 0 Å². The van der Waals surface area contributed by atoms with Gasteiger partial charge < -0.3 is 19.1 Å². The van der Waals surface area contributed by atoms with Crippen LogP contribution in [-0.2, 0) is 24.4 Å². The first-order valence-corrected chi connectivity index (χ1v) is 17.7. The number of pyridine rings is 1. The van der Waals surface area contributed by atoms with Gasteiger partial charge in [0.1, 0.15) is 23.9 Å². The van der Waals surface area contributed by atoms with Gasteiger partial charge in [-0.2, -0.15) is 0 Å². The Balaban J connectivity index is 0.932. The number of carbonyl (C=O) groups is 1.